The van der Waals surface area contributed by atoms with Gasteiger partial charge < -0.3 is 5.32 Å². The van der Waals surface area contributed by atoms with Gasteiger partial charge in [-0.2, -0.15) is 0 Å². The Balaban J connectivity index is 2.14. The van der Waals surface area contributed by atoms with E-state index < -0.39 is 6.03 Å². The zero-order valence-electron chi connectivity index (χ0n) is 9.28. The van der Waals surface area contributed by atoms with Crippen LogP contribution in [-0.2, 0) is 4.79 Å². The van der Waals surface area contributed by atoms with E-state index in [0.29, 0.717) is 5.69 Å². The molecule has 1 N–H and O–H groups in total. The maximum atomic E-state index is 11.8. The molecule has 89 valence electrons. The van der Waals surface area contributed by atoms with Crippen molar-refractivity contribution in [3.8, 4) is 0 Å². The minimum absolute atomic E-state index is 0.203. The molecule has 0 spiro atoms. The van der Waals surface area contributed by atoms with Crippen molar-refractivity contribution in [3.05, 3.63) is 48.9 Å². The quantitative estimate of drug-likeness (QED) is 0.828. The van der Waals surface area contributed by atoms with E-state index in [2.05, 4.69) is 15.3 Å². The molecule has 0 aliphatic heterocycles. The summed E-state index contributed by atoms with van der Waals surface area (Å²) in [5, 5.41) is 2.51. The molecule has 0 bridgehead atoms. The number of aromatic nitrogens is 2. The first-order valence-electron chi connectivity index (χ1n) is 5.11. The molecule has 2 rings (SSSR count). The molecule has 2 aromatic rings. The highest BCUT2D eigenvalue weighted by atomic mass is 16.2. The van der Waals surface area contributed by atoms with Gasteiger partial charge in [-0.3, -0.25) is 9.78 Å². The summed E-state index contributed by atoms with van der Waals surface area (Å²) in [6.45, 7) is 0. The summed E-state index contributed by atoms with van der Waals surface area (Å²) in [4.78, 5) is 31.2. The molecule has 6 heteroatoms. The molecule has 0 atom stereocenters. The fourth-order valence-electron chi connectivity index (χ4n) is 1.29. The number of carbonyl (C=O) groups excluding carboxylic acids is 2. The van der Waals surface area contributed by atoms with Crippen LogP contribution in [-0.4, -0.2) is 22.4 Å². The maximum Gasteiger partial charge on any atom is 0.334 e. The normalized spacial score (nSPS) is 9.56. The number of anilines is 2. The number of urea groups is 1. The average Bonchev–Trinajstić information content (AvgIpc) is 2.42. The van der Waals surface area contributed by atoms with E-state index >= 15 is 0 Å². The molecule has 0 aromatic carbocycles. The van der Waals surface area contributed by atoms with Gasteiger partial charge >= 0.3 is 12.4 Å². The number of carbonyl (C=O) groups is 1. The minimum Gasteiger partial charge on any atom is -0.306 e. The van der Waals surface area contributed by atoms with E-state index in [1.165, 1.54) is 24.9 Å². The molecule has 0 aliphatic carbocycles. The van der Waals surface area contributed by atoms with E-state index in [1.54, 1.807) is 30.5 Å². The van der Waals surface area contributed by atoms with Gasteiger partial charge in [0.1, 0.15) is 5.82 Å². The molecule has 0 saturated carbocycles. The molecule has 2 heterocycles. The molecular formula is C12H9N4O2. The van der Waals surface area contributed by atoms with Crippen LogP contribution in [0.1, 0.15) is 0 Å². The van der Waals surface area contributed by atoms with Gasteiger partial charge in [-0.15, -0.1) is 0 Å². The summed E-state index contributed by atoms with van der Waals surface area (Å²) in [6.07, 6.45) is 6.06. The molecule has 6 nitrogen and oxygen atoms in total. The standard InChI is InChI=1S/C12H9N4O2/c17-9-16(11-5-1-2-7-14-11)12(18)15-10-4-3-6-13-8-10/h1-8H,(H,15,18). The van der Waals surface area contributed by atoms with Crippen molar-refractivity contribution in [1.82, 2.24) is 9.97 Å². The second-order valence-electron chi connectivity index (χ2n) is 3.29. The first-order chi connectivity index (χ1) is 8.81. The monoisotopic (exact) mass is 241 g/mol. The van der Waals surface area contributed by atoms with Crippen LogP contribution in [0, 0.1) is 0 Å². The summed E-state index contributed by atoms with van der Waals surface area (Å²) in [6, 6.07) is 7.58. The number of nitrogens with zero attached hydrogens (tertiary/aromatic N) is 3. The number of amides is 3. The van der Waals surface area contributed by atoms with Crippen molar-refractivity contribution in [2.75, 3.05) is 10.2 Å². The van der Waals surface area contributed by atoms with E-state index in [1.807, 2.05) is 0 Å². The van der Waals surface area contributed by atoms with Crippen LogP contribution in [0.4, 0.5) is 16.3 Å². The first-order valence-corrected chi connectivity index (χ1v) is 5.11. The summed E-state index contributed by atoms with van der Waals surface area (Å²) in [5.74, 6) is 0.203. The van der Waals surface area contributed by atoms with Gasteiger partial charge in [0.05, 0.1) is 11.9 Å². The lowest BCUT2D eigenvalue weighted by Gasteiger charge is -2.13. The van der Waals surface area contributed by atoms with E-state index in [4.69, 9.17) is 0 Å². The van der Waals surface area contributed by atoms with Crippen LogP contribution in [0.25, 0.3) is 0 Å². The predicted octanol–water partition coefficient (Wildman–Crippen LogP) is 1.58. The molecule has 1 radical (unpaired) electrons. The highest BCUT2D eigenvalue weighted by Gasteiger charge is 2.16. The van der Waals surface area contributed by atoms with Crippen molar-refractivity contribution in [2.24, 2.45) is 0 Å². The van der Waals surface area contributed by atoms with E-state index in [0.717, 1.165) is 4.90 Å². The van der Waals surface area contributed by atoms with Gasteiger partial charge in [-0.05, 0) is 24.3 Å². The zero-order valence-corrected chi connectivity index (χ0v) is 9.28. The topological polar surface area (TPSA) is 75.2 Å². The van der Waals surface area contributed by atoms with Crippen molar-refractivity contribution in [2.45, 2.75) is 0 Å². The second kappa shape index (κ2) is 5.53. The van der Waals surface area contributed by atoms with Gasteiger partial charge in [0.25, 0.3) is 0 Å². The Kier molecular flexibility index (Phi) is 3.60. The smallest absolute Gasteiger partial charge is 0.306 e. The summed E-state index contributed by atoms with van der Waals surface area (Å²) in [5.41, 5.74) is 0.485. The van der Waals surface area contributed by atoms with Gasteiger partial charge in [0, 0.05) is 12.4 Å². The molecule has 0 unspecified atom stereocenters. The third-order valence-electron chi connectivity index (χ3n) is 2.09. The molecular weight excluding hydrogens is 232 g/mol. The lowest BCUT2D eigenvalue weighted by atomic mass is 10.4. The van der Waals surface area contributed by atoms with Crippen LogP contribution in [0.15, 0.2) is 48.9 Å². The average molecular weight is 241 g/mol. The number of hydrogen-bond acceptors (Lipinski definition) is 4. The highest BCUT2D eigenvalue weighted by molar-refractivity contribution is 6.11. The van der Waals surface area contributed by atoms with Crippen molar-refractivity contribution in [3.63, 3.8) is 0 Å². The lowest BCUT2D eigenvalue weighted by molar-refractivity contribution is 0.259. The van der Waals surface area contributed by atoms with Gasteiger partial charge in [0.2, 0.25) is 0 Å². The van der Waals surface area contributed by atoms with Crippen LogP contribution >= 0.6 is 0 Å². The minimum atomic E-state index is -0.642. The lowest BCUT2D eigenvalue weighted by Crippen LogP contribution is -2.34. The molecule has 18 heavy (non-hydrogen) atoms. The van der Waals surface area contributed by atoms with E-state index in [-0.39, 0.29) is 5.82 Å². The molecule has 0 saturated heterocycles. The fraction of sp³-hybridized carbons (Fsp3) is 0. The summed E-state index contributed by atoms with van der Waals surface area (Å²) >= 11 is 0. The first kappa shape index (κ1) is 11.7. The van der Waals surface area contributed by atoms with Crippen LogP contribution in [0.5, 0.6) is 0 Å². The molecule has 0 aliphatic rings. The highest BCUT2D eigenvalue weighted by Crippen LogP contribution is 2.10. The fourth-order valence-corrected chi connectivity index (χ4v) is 1.29. The Hall–Kier alpha value is -2.76. The van der Waals surface area contributed by atoms with E-state index in [9.17, 15) is 9.59 Å². The Morgan fingerprint density at radius 3 is 2.72 bits per heavy atom. The number of imide groups is 1. The second-order valence-corrected chi connectivity index (χ2v) is 3.29. The SMILES string of the molecule is O=[C]N(C(=O)Nc1cccnc1)c1ccccn1. The Morgan fingerprint density at radius 2 is 2.11 bits per heavy atom. The number of rotatable bonds is 3. The Bertz CT molecular complexity index is 530. The van der Waals surface area contributed by atoms with Crippen LogP contribution in [0.3, 0.4) is 0 Å². The van der Waals surface area contributed by atoms with Crippen LogP contribution in [0.2, 0.25) is 0 Å². The third-order valence-corrected chi connectivity index (χ3v) is 2.09. The van der Waals surface area contributed by atoms with Gasteiger partial charge in [-0.1, -0.05) is 6.07 Å². The van der Waals surface area contributed by atoms with Crippen molar-refractivity contribution in [1.29, 1.82) is 0 Å². The third kappa shape index (κ3) is 2.67. The Morgan fingerprint density at radius 1 is 1.22 bits per heavy atom. The number of pyridine rings is 2. The van der Waals surface area contributed by atoms with Gasteiger partial charge in [-0.25, -0.2) is 14.7 Å². The molecule has 0 fully saturated rings. The van der Waals surface area contributed by atoms with Crippen molar-refractivity contribution >= 4 is 23.9 Å². The van der Waals surface area contributed by atoms with Gasteiger partial charge in [0.15, 0.2) is 0 Å². The van der Waals surface area contributed by atoms with Crippen LogP contribution < -0.4 is 10.2 Å². The number of hydrogen-bond donors (Lipinski definition) is 1. The Labute approximate surface area is 103 Å². The van der Waals surface area contributed by atoms with Crippen molar-refractivity contribution < 1.29 is 9.59 Å². The molecule has 3 amide bonds. The largest absolute Gasteiger partial charge is 0.334 e. The number of nitrogens with one attached hydrogen (secondary N) is 1. The molecule has 2 aromatic heterocycles. The predicted molar refractivity (Wildman–Crippen MR) is 65.7 cm³/mol. The summed E-state index contributed by atoms with van der Waals surface area (Å²) in [7, 11) is 0. The summed E-state index contributed by atoms with van der Waals surface area (Å²) < 4.78 is 0. The zero-order chi connectivity index (χ0) is 12.8. The maximum absolute atomic E-state index is 11.8.